The maximum Gasteiger partial charge on any atom is 0.156 e. The van der Waals surface area contributed by atoms with Gasteiger partial charge in [-0.3, -0.25) is 0 Å². The van der Waals surface area contributed by atoms with Crippen LogP contribution in [-0.2, 0) is 6.42 Å². The molecule has 0 N–H and O–H groups in total. The van der Waals surface area contributed by atoms with Gasteiger partial charge >= 0.3 is 0 Å². The standard InChI is InChI=1S/C9H8BrIN4/c1-2-9-12-13-14-15(9)8-4-3-6(11)5-7(8)10/h3-5H,2H2,1H3. The summed E-state index contributed by atoms with van der Waals surface area (Å²) in [4.78, 5) is 0. The van der Waals surface area contributed by atoms with E-state index in [-0.39, 0.29) is 0 Å². The van der Waals surface area contributed by atoms with Gasteiger partial charge in [-0.2, -0.15) is 4.68 Å². The minimum atomic E-state index is 0.811. The summed E-state index contributed by atoms with van der Waals surface area (Å²) in [7, 11) is 0. The first-order valence-electron chi connectivity index (χ1n) is 4.45. The Bertz CT molecular complexity index is 483. The lowest BCUT2D eigenvalue weighted by Crippen LogP contribution is -2.03. The summed E-state index contributed by atoms with van der Waals surface area (Å²) >= 11 is 5.78. The number of rotatable bonds is 2. The molecule has 0 bridgehead atoms. The molecule has 1 aromatic carbocycles. The maximum absolute atomic E-state index is 3.97. The molecule has 0 aliphatic carbocycles. The second kappa shape index (κ2) is 4.56. The zero-order chi connectivity index (χ0) is 10.8. The maximum atomic E-state index is 3.97. The summed E-state index contributed by atoms with van der Waals surface area (Å²) in [6.45, 7) is 2.03. The first kappa shape index (κ1) is 11.0. The highest BCUT2D eigenvalue weighted by atomic mass is 127. The topological polar surface area (TPSA) is 43.6 Å². The van der Waals surface area contributed by atoms with Crippen molar-refractivity contribution in [1.29, 1.82) is 0 Å². The molecule has 0 aliphatic heterocycles. The first-order valence-corrected chi connectivity index (χ1v) is 6.32. The molecule has 15 heavy (non-hydrogen) atoms. The van der Waals surface area contributed by atoms with E-state index in [2.05, 4.69) is 54.0 Å². The minimum absolute atomic E-state index is 0.811. The van der Waals surface area contributed by atoms with Crippen LogP contribution >= 0.6 is 38.5 Å². The summed E-state index contributed by atoms with van der Waals surface area (Å²) in [5, 5.41) is 11.6. The fourth-order valence-corrected chi connectivity index (χ4v) is 2.73. The fourth-order valence-electron chi connectivity index (χ4n) is 1.27. The number of tetrazole rings is 1. The molecule has 78 valence electrons. The zero-order valence-corrected chi connectivity index (χ0v) is 11.7. The van der Waals surface area contributed by atoms with Crippen LogP contribution in [0.15, 0.2) is 22.7 Å². The molecule has 0 fully saturated rings. The van der Waals surface area contributed by atoms with E-state index in [1.165, 1.54) is 3.57 Å². The third-order valence-electron chi connectivity index (χ3n) is 1.99. The average Bonchev–Trinajstić information content (AvgIpc) is 2.65. The molecule has 0 atom stereocenters. The molecular formula is C9H8BrIN4. The van der Waals surface area contributed by atoms with Gasteiger partial charge in [-0.25, -0.2) is 0 Å². The van der Waals surface area contributed by atoms with Crippen molar-refractivity contribution in [2.24, 2.45) is 0 Å². The van der Waals surface area contributed by atoms with E-state index in [9.17, 15) is 0 Å². The number of halogens is 2. The average molecular weight is 379 g/mol. The molecule has 0 aliphatic rings. The molecule has 1 aromatic heterocycles. The van der Waals surface area contributed by atoms with Crippen LogP contribution in [0.2, 0.25) is 0 Å². The molecule has 0 radical (unpaired) electrons. The number of nitrogens with zero attached hydrogens (tertiary/aromatic N) is 4. The Labute approximate surface area is 109 Å². The highest BCUT2D eigenvalue weighted by molar-refractivity contribution is 14.1. The Morgan fingerprint density at radius 3 is 2.93 bits per heavy atom. The van der Waals surface area contributed by atoms with Crippen LogP contribution in [0, 0.1) is 3.57 Å². The Balaban J connectivity index is 2.54. The number of aryl methyl sites for hydroxylation is 1. The first-order chi connectivity index (χ1) is 7.22. The molecule has 6 heteroatoms. The zero-order valence-electron chi connectivity index (χ0n) is 7.98. The van der Waals surface area contributed by atoms with Crippen molar-refractivity contribution >= 4 is 38.5 Å². The smallest absolute Gasteiger partial charge is 0.156 e. The molecule has 0 amide bonds. The van der Waals surface area contributed by atoms with Crippen LogP contribution in [-0.4, -0.2) is 20.2 Å². The normalized spacial score (nSPS) is 10.6. The largest absolute Gasteiger partial charge is 0.196 e. The molecule has 2 aromatic rings. The van der Waals surface area contributed by atoms with E-state index in [4.69, 9.17) is 0 Å². The van der Waals surface area contributed by atoms with Gasteiger partial charge in [0.2, 0.25) is 0 Å². The summed E-state index contributed by atoms with van der Waals surface area (Å²) in [6.07, 6.45) is 0.811. The SMILES string of the molecule is CCc1nnnn1-c1ccc(I)cc1Br. The predicted molar refractivity (Wildman–Crippen MR) is 68.9 cm³/mol. The van der Waals surface area contributed by atoms with Gasteiger partial charge in [-0.1, -0.05) is 6.92 Å². The van der Waals surface area contributed by atoms with E-state index < -0.39 is 0 Å². The minimum Gasteiger partial charge on any atom is -0.196 e. The van der Waals surface area contributed by atoms with Crippen molar-refractivity contribution in [3.8, 4) is 5.69 Å². The van der Waals surface area contributed by atoms with Crippen molar-refractivity contribution in [1.82, 2.24) is 20.2 Å². The molecule has 1 heterocycles. The fraction of sp³-hybridized carbons (Fsp3) is 0.222. The van der Waals surface area contributed by atoms with Gasteiger partial charge in [0.1, 0.15) is 0 Å². The predicted octanol–water partition coefficient (Wildman–Crippen LogP) is 2.59. The van der Waals surface area contributed by atoms with E-state index in [1.54, 1.807) is 4.68 Å². The summed E-state index contributed by atoms with van der Waals surface area (Å²) in [6, 6.07) is 6.07. The van der Waals surface area contributed by atoms with Crippen LogP contribution in [0.5, 0.6) is 0 Å². The van der Waals surface area contributed by atoms with Gasteiger partial charge in [-0.15, -0.1) is 5.10 Å². The third kappa shape index (κ3) is 2.20. The lowest BCUT2D eigenvalue weighted by molar-refractivity contribution is 0.763. The van der Waals surface area contributed by atoms with E-state index in [0.29, 0.717) is 0 Å². The molecule has 0 saturated heterocycles. The van der Waals surface area contributed by atoms with E-state index >= 15 is 0 Å². The molecule has 4 nitrogen and oxygen atoms in total. The van der Waals surface area contributed by atoms with Crippen molar-refractivity contribution in [3.63, 3.8) is 0 Å². The number of benzene rings is 1. The molecule has 2 rings (SSSR count). The Morgan fingerprint density at radius 1 is 1.47 bits per heavy atom. The quantitative estimate of drug-likeness (QED) is 0.754. The summed E-state index contributed by atoms with van der Waals surface area (Å²) in [5.41, 5.74) is 0.970. The Kier molecular flexibility index (Phi) is 3.35. The van der Waals surface area contributed by atoms with Gasteiger partial charge in [0, 0.05) is 14.5 Å². The second-order valence-corrected chi connectivity index (χ2v) is 5.06. The lowest BCUT2D eigenvalue weighted by atomic mass is 10.3. The molecule has 0 saturated carbocycles. The van der Waals surface area contributed by atoms with Crippen LogP contribution in [0.4, 0.5) is 0 Å². The monoisotopic (exact) mass is 378 g/mol. The highest BCUT2D eigenvalue weighted by Gasteiger charge is 2.09. The number of hydrogen-bond donors (Lipinski definition) is 0. The number of aromatic nitrogens is 4. The summed E-state index contributed by atoms with van der Waals surface area (Å²) in [5.74, 6) is 0.858. The van der Waals surface area contributed by atoms with Gasteiger partial charge in [0.25, 0.3) is 0 Å². The molecular weight excluding hydrogens is 371 g/mol. The molecule has 0 spiro atoms. The highest BCUT2D eigenvalue weighted by Crippen LogP contribution is 2.23. The van der Waals surface area contributed by atoms with Crippen molar-refractivity contribution in [2.45, 2.75) is 13.3 Å². The Hall–Kier alpha value is -0.500. The van der Waals surface area contributed by atoms with Crippen molar-refractivity contribution in [2.75, 3.05) is 0 Å². The van der Waals surface area contributed by atoms with Gasteiger partial charge in [0.15, 0.2) is 5.82 Å². The van der Waals surface area contributed by atoms with E-state index in [0.717, 1.165) is 22.4 Å². The van der Waals surface area contributed by atoms with Gasteiger partial charge in [-0.05, 0) is 67.1 Å². The van der Waals surface area contributed by atoms with Crippen LogP contribution < -0.4 is 0 Å². The van der Waals surface area contributed by atoms with Crippen molar-refractivity contribution < 1.29 is 0 Å². The van der Waals surface area contributed by atoms with Crippen molar-refractivity contribution in [3.05, 3.63) is 32.1 Å². The van der Waals surface area contributed by atoms with Gasteiger partial charge in [0.05, 0.1) is 5.69 Å². The van der Waals surface area contributed by atoms with Crippen LogP contribution in [0.1, 0.15) is 12.7 Å². The van der Waals surface area contributed by atoms with E-state index in [1.807, 2.05) is 25.1 Å². The Morgan fingerprint density at radius 2 is 2.27 bits per heavy atom. The van der Waals surface area contributed by atoms with Crippen LogP contribution in [0.3, 0.4) is 0 Å². The summed E-state index contributed by atoms with van der Waals surface area (Å²) < 4.78 is 3.92. The second-order valence-electron chi connectivity index (χ2n) is 2.96. The lowest BCUT2D eigenvalue weighted by Gasteiger charge is -2.05. The number of hydrogen-bond acceptors (Lipinski definition) is 3. The van der Waals surface area contributed by atoms with Gasteiger partial charge < -0.3 is 0 Å². The van der Waals surface area contributed by atoms with Crippen LogP contribution in [0.25, 0.3) is 5.69 Å². The molecule has 0 unspecified atom stereocenters. The third-order valence-corrected chi connectivity index (χ3v) is 3.29.